The van der Waals surface area contributed by atoms with Crippen molar-refractivity contribution in [1.29, 1.82) is 0 Å². The van der Waals surface area contributed by atoms with Gasteiger partial charge in [-0.25, -0.2) is 4.79 Å². The van der Waals surface area contributed by atoms with E-state index in [0.717, 1.165) is 11.5 Å². The van der Waals surface area contributed by atoms with Gasteiger partial charge >= 0.3 is 5.97 Å². The third-order valence-electron chi connectivity index (χ3n) is 1.34. The summed E-state index contributed by atoms with van der Waals surface area (Å²) in [6, 6.07) is 0. The molecule has 0 unspecified atom stereocenters. The van der Waals surface area contributed by atoms with E-state index in [4.69, 9.17) is 5.73 Å². The summed E-state index contributed by atoms with van der Waals surface area (Å²) in [5, 5.41) is 0. The zero-order valence-corrected chi connectivity index (χ0v) is 8.07. The number of aromatic nitrogens is 1. The van der Waals surface area contributed by atoms with Crippen molar-refractivity contribution >= 4 is 23.3 Å². The molecule has 0 aliphatic carbocycles. The van der Waals surface area contributed by atoms with E-state index in [1.54, 1.807) is 6.92 Å². The number of esters is 1. The van der Waals surface area contributed by atoms with E-state index < -0.39 is 5.97 Å². The highest BCUT2D eigenvalue weighted by molar-refractivity contribution is 7.08. The number of methoxy groups -OCH3 is 1. The number of hydrogen-bond acceptors (Lipinski definition) is 5. The van der Waals surface area contributed by atoms with Crippen molar-refractivity contribution in [1.82, 2.24) is 4.37 Å². The van der Waals surface area contributed by atoms with Gasteiger partial charge in [-0.1, -0.05) is 5.92 Å². The fraction of sp³-hybridized carbons (Fsp3) is 0.250. The fourth-order valence-corrected chi connectivity index (χ4v) is 1.47. The molecule has 4 nitrogen and oxygen atoms in total. The van der Waals surface area contributed by atoms with Crippen LogP contribution in [-0.2, 0) is 4.74 Å². The van der Waals surface area contributed by atoms with Crippen LogP contribution in [0.25, 0.3) is 0 Å². The van der Waals surface area contributed by atoms with Gasteiger partial charge in [0.2, 0.25) is 0 Å². The van der Waals surface area contributed by atoms with E-state index in [1.165, 1.54) is 7.11 Å². The maximum atomic E-state index is 11.1. The van der Waals surface area contributed by atoms with Crippen molar-refractivity contribution in [2.24, 2.45) is 0 Å². The van der Waals surface area contributed by atoms with Crippen LogP contribution in [-0.4, -0.2) is 17.5 Å². The highest BCUT2D eigenvalue weighted by atomic mass is 32.1. The molecule has 0 aliphatic heterocycles. The summed E-state index contributed by atoms with van der Waals surface area (Å²) in [6.07, 6.45) is 0. The zero-order chi connectivity index (χ0) is 9.84. The Labute approximate surface area is 79.9 Å². The Morgan fingerprint density at radius 2 is 2.38 bits per heavy atom. The molecule has 5 heteroatoms. The third-order valence-corrected chi connectivity index (χ3v) is 2.18. The predicted octanol–water partition coefficient (Wildman–Crippen LogP) is 0.883. The van der Waals surface area contributed by atoms with Gasteiger partial charge in [0.25, 0.3) is 0 Å². The number of anilines is 1. The molecule has 0 spiro atoms. The highest BCUT2D eigenvalue weighted by Gasteiger charge is 2.16. The van der Waals surface area contributed by atoms with Crippen LogP contribution >= 0.6 is 11.5 Å². The van der Waals surface area contributed by atoms with Crippen LogP contribution in [0.5, 0.6) is 0 Å². The molecule has 0 amide bonds. The summed E-state index contributed by atoms with van der Waals surface area (Å²) in [5.41, 5.74) is 5.97. The van der Waals surface area contributed by atoms with Crippen LogP contribution in [0.2, 0.25) is 0 Å². The molecule has 68 valence electrons. The number of nitrogens with two attached hydrogens (primary N) is 1. The lowest BCUT2D eigenvalue weighted by atomic mass is 10.2. The van der Waals surface area contributed by atoms with E-state index in [9.17, 15) is 4.79 Å². The average molecular weight is 196 g/mol. The number of ether oxygens (including phenoxy) is 1. The molecule has 0 fully saturated rings. The van der Waals surface area contributed by atoms with Crippen molar-refractivity contribution in [3.63, 3.8) is 0 Å². The standard InChI is InChI=1S/C8H8N2O2S/c1-3-4-5-6(8(11)12-2)13-10-7(5)9/h1-2H3,(H2,9,10). The lowest BCUT2D eigenvalue weighted by Crippen LogP contribution is -2.01. The zero-order valence-electron chi connectivity index (χ0n) is 7.25. The summed E-state index contributed by atoms with van der Waals surface area (Å²) in [6.45, 7) is 1.66. The molecule has 0 saturated carbocycles. The smallest absolute Gasteiger partial charge is 0.351 e. The molecular weight excluding hydrogens is 188 g/mol. The van der Waals surface area contributed by atoms with E-state index in [0.29, 0.717) is 10.4 Å². The molecule has 0 aliphatic rings. The first-order chi connectivity index (χ1) is 6.20. The van der Waals surface area contributed by atoms with Gasteiger partial charge in [-0.05, 0) is 18.5 Å². The molecule has 0 saturated heterocycles. The van der Waals surface area contributed by atoms with Gasteiger partial charge in [0.05, 0.1) is 12.7 Å². The Morgan fingerprint density at radius 3 is 2.92 bits per heavy atom. The maximum absolute atomic E-state index is 11.1. The Bertz CT molecular complexity index is 387. The number of hydrogen-bond donors (Lipinski definition) is 1. The minimum Gasteiger partial charge on any atom is -0.465 e. The maximum Gasteiger partial charge on any atom is 0.351 e. The van der Waals surface area contributed by atoms with E-state index in [2.05, 4.69) is 21.0 Å². The second-order valence-electron chi connectivity index (χ2n) is 2.14. The van der Waals surface area contributed by atoms with Crippen molar-refractivity contribution in [3.05, 3.63) is 10.4 Å². The van der Waals surface area contributed by atoms with Crippen LogP contribution < -0.4 is 5.73 Å². The lowest BCUT2D eigenvalue weighted by Gasteiger charge is -1.94. The van der Waals surface area contributed by atoms with E-state index >= 15 is 0 Å². The first-order valence-electron chi connectivity index (χ1n) is 3.47. The number of nitrogens with zero attached hydrogens (tertiary/aromatic N) is 1. The Kier molecular flexibility index (Phi) is 2.88. The van der Waals surface area contributed by atoms with Gasteiger partial charge in [0.15, 0.2) is 10.7 Å². The Morgan fingerprint density at radius 1 is 1.69 bits per heavy atom. The van der Waals surface area contributed by atoms with Crippen LogP contribution in [0, 0.1) is 11.8 Å². The van der Waals surface area contributed by atoms with Crippen molar-refractivity contribution in [2.45, 2.75) is 6.92 Å². The molecule has 1 aromatic rings. The van der Waals surface area contributed by atoms with Crippen molar-refractivity contribution in [2.75, 3.05) is 12.8 Å². The Hall–Kier alpha value is -1.54. The predicted molar refractivity (Wildman–Crippen MR) is 50.4 cm³/mol. The molecule has 0 bridgehead atoms. The fourth-order valence-electron chi connectivity index (χ4n) is 0.780. The molecule has 1 aromatic heterocycles. The van der Waals surface area contributed by atoms with Crippen molar-refractivity contribution in [3.8, 4) is 11.8 Å². The quantitative estimate of drug-likeness (QED) is 0.535. The normalized spacial score (nSPS) is 8.77. The van der Waals surface area contributed by atoms with Crippen LogP contribution in [0.3, 0.4) is 0 Å². The van der Waals surface area contributed by atoms with Gasteiger partial charge in [0, 0.05) is 0 Å². The van der Waals surface area contributed by atoms with Gasteiger partial charge < -0.3 is 10.5 Å². The van der Waals surface area contributed by atoms with Crippen LogP contribution in [0.4, 0.5) is 5.82 Å². The minimum atomic E-state index is -0.452. The topological polar surface area (TPSA) is 65.2 Å². The molecule has 0 aromatic carbocycles. The molecule has 0 radical (unpaired) electrons. The van der Waals surface area contributed by atoms with Gasteiger partial charge in [-0.3, -0.25) is 0 Å². The van der Waals surface area contributed by atoms with E-state index in [-0.39, 0.29) is 5.82 Å². The number of carbonyl (C=O) groups excluding carboxylic acids is 1. The summed E-state index contributed by atoms with van der Waals surface area (Å²) in [5.74, 6) is 5.20. The largest absolute Gasteiger partial charge is 0.465 e. The SMILES string of the molecule is CC#Cc1c(N)nsc1C(=O)OC. The first kappa shape index (κ1) is 9.55. The Balaban J connectivity index is 3.19. The van der Waals surface area contributed by atoms with Crippen LogP contribution in [0.1, 0.15) is 22.2 Å². The third kappa shape index (κ3) is 1.79. The highest BCUT2D eigenvalue weighted by Crippen LogP contribution is 2.20. The molecule has 2 N–H and O–H groups in total. The minimum absolute atomic E-state index is 0.278. The number of nitrogen functional groups attached to an aromatic ring is 1. The number of rotatable bonds is 1. The van der Waals surface area contributed by atoms with Crippen LogP contribution in [0.15, 0.2) is 0 Å². The second-order valence-corrected chi connectivity index (χ2v) is 2.91. The summed E-state index contributed by atoms with van der Waals surface area (Å²) >= 11 is 0.997. The number of carbonyl (C=O) groups is 1. The first-order valence-corrected chi connectivity index (χ1v) is 4.24. The summed E-state index contributed by atoms with van der Waals surface area (Å²) in [4.78, 5) is 11.5. The van der Waals surface area contributed by atoms with Crippen molar-refractivity contribution < 1.29 is 9.53 Å². The van der Waals surface area contributed by atoms with E-state index in [1.807, 2.05) is 0 Å². The lowest BCUT2D eigenvalue weighted by molar-refractivity contribution is 0.0606. The average Bonchev–Trinajstić information content (AvgIpc) is 2.48. The van der Waals surface area contributed by atoms with Gasteiger partial charge in [-0.15, -0.1) is 5.92 Å². The summed E-state index contributed by atoms with van der Waals surface area (Å²) < 4.78 is 8.37. The van der Waals surface area contributed by atoms with Gasteiger partial charge in [0.1, 0.15) is 0 Å². The summed E-state index contributed by atoms with van der Waals surface area (Å²) in [7, 11) is 1.31. The second kappa shape index (κ2) is 3.92. The molecule has 0 atom stereocenters. The monoisotopic (exact) mass is 196 g/mol. The molecule has 1 rings (SSSR count). The molecule has 1 heterocycles. The molecule has 13 heavy (non-hydrogen) atoms. The van der Waals surface area contributed by atoms with Gasteiger partial charge in [-0.2, -0.15) is 4.37 Å². The molecular formula is C8H8N2O2S.